The molecule has 2 saturated heterocycles. The number of ether oxygens (including phenoxy) is 1. The van der Waals surface area contributed by atoms with Gasteiger partial charge in [-0.2, -0.15) is 0 Å². The molecule has 3 nitrogen and oxygen atoms in total. The lowest BCUT2D eigenvalue weighted by Crippen LogP contribution is -2.41. The molecule has 2 aliphatic heterocycles. The molecule has 82 valence electrons. The number of hydrogen-bond donors (Lipinski definition) is 1. The first kappa shape index (κ1) is 10.4. The van der Waals surface area contributed by atoms with E-state index in [0.29, 0.717) is 6.10 Å². The molecule has 0 amide bonds. The van der Waals surface area contributed by atoms with E-state index in [1.807, 2.05) is 0 Å². The van der Waals surface area contributed by atoms with Crippen molar-refractivity contribution in [3.63, 3.8) is 0 Å². The Morgan fingerprint density at radius 3 is 2.93 bits per heavy atom. The second kappa shape index (κ2) is 5.10. The first-order valence-corrected chi connectivity index (χ1v) is 5.96. The van der Waals surface area contributed by atoms with Crippen molar-refractivity contribution in [2.24, 2.45) is 0 Å². The van der Waals surface area contributed by atoms with E-state index < -0.39 is 0 Å². The fourth-order valence-electron chi connectivity index (χ4n) is 2.54. The van der Waals surface area contributed by atoms with Gasteiger partial charge in [0.25, 0.3) is 0 Å². The lowest BCUT2D eigenvalue weighted by molar-refractivity contribution is 0.0622. The van der Waals surface area contributed by atoms with Crippen molar-refractivity contribution < 1.29 is 4.74 Å². The standard InChI is InChI=1S/C11H22N2O/c1-2-13(10-5-6-12-8-10)9-11-4-3-7-14-11/h10-12H,2-9H2,1H3. The summed E-state index contributed by atoms with van der Waals surface area (Å²) in [5.74, 6) is 0. The van der Waals surface area contributed by atoms with Gasteiger partial charge in [0, 0.05) is 25.7 Å². The van der Waals surface area contributed by atoms with Crippen LogP contribution in [0.2, 0.25) is 0 Å². The summed E-state index contributed by atoms with van der Waals surface area (Å²) in [6.45, 7) is 7.89. The second-order valence-electron chi connectivity index (χ2n) is 4.37. The molecule has 0 aromatic rings. The first-order valence-electron chi connectivity index (χ1n) is 5.96. The maximum Gasteiger partial charge on any atom is 0.0702 e. The van der Waals surface area contributed by atoms with Crippen LogP contribution in [-0.4, -0.2) is 49.8 Å². The fraction of sp³-hybridized carbons (Fsp3) is 1.00. The largest absolute Gasteiger partial charge is 0.377 e. The third-order valence-electron chi connectivity index (χ3n) is 3.42. The summed E-state index contributed by atoms with van der Waals surface area (Å²) in [7, 11) is 0. The van der Waals surface area contributed by atoms with Crippen LogP contribution in [0.4, 0.5) is 0 Å². The van der Waals surface area contributed by atoms with Crippen molar-refractivity contribution in [3.8, 4) is 0 Å². The molecule has 2 atom stereocenters. The van der Waals surface area contributed by atoms with E-state index in [2.05, 4.69) is 17.1 Å². The zero-order valence-electron chi connectivity index (χ0n) is 9.17. The van der Waals surface area contributed by atoms with Crippen molar-refractivity contribution in [1.29, 1.82) is 0 Å². The fourth-order valence-corrected chi connectivity index (χ4v) is 2.54. The van der Waals surface area contributed by atoms with Gasteiger partial charge < -0.3 is 10.1 Å². The molecule has 2 heterocycles. The molecule has 14 heavy (non-hydrogen) atoms. The van der Waals surface area contributed by atoms with Crippen molar-refractivity contribution in [3.05, 3.63) is 0 Å². The molecular formula is C11H22N2O. The minimum Gasteiger partial charge on any atom is -0.377 e. The van der Waals surface area contributed by atoms with E-state index in [-0.39, 0.29) is 0 Å². The summed E-state index contributed by atoms with van der Waals surface area (Å²) in [4.78, 5) is 2.58. The molecule has 0 bridgehead atoms. The SMILES string of the molecule is CCN(CC1CCCO1)C1CCNC1. The van der Waals surface area contributed by atoms with Gasteiger partial charge in [0.15, 0.2) is 0 Å². The predicted molar refractivity (Wildman–Crippen MR) is 57.5 cm³/mol. The number of nitrogens with zero attached hydrogens (tertiary/aromatic N) is 1. The summed E-state index contributed by atoms with van der Waals surface area (Å²) in [6.07, 6.45) is 4.33. The highest BCUT2D eigenvalue weighted by molar-refractivity contribution is 4.82. The molecule has 2 rings (SSSR count). The highest BCUT2D eigenvalue weighted by atomic mass is 16.5. The minimum atomic E-state index is 0.510. The van der Waals surface area contributed by atoms with Crippen LogP contribution in [0.1, 0.15) is 26.2 Å². The Kier molecular flexibility index (Phi) is 3.79. The van der Waals surface area contributed by atoms with Crippen LogP contribution >= 0.6 is 0 Å². The van der Waals surface area contributed by atoms with Crippen LogP contribution in [0.25, 0.3) is 0 Å². The van der Waals surface area contributed by atoms with Crippen molar-refractivity contribution in [1.82, 2.24) is 10.2 Å². The minimum absolute atomic E-state index is 0.510. The third-order valence-corrected chi connectivity index (χ3v) is 3.42. The summed E-state index contributed by atoms with van der Waals surface area (Å²) in [5.41, 5.74) is 0. The topological polar surface area (TPSA) is 24.5 Å². The number of nitrogens with one attached hydrogen (secondary N) is 1. The maximum absolute atomic E-state index is 5.68. The molecule has 2 unspecified atom stereocenters. The Hall–Kier alpha value is -0.120. The Labute approximate surface area is 86.8 Å². The molecule has 0 saturated carbocycles. The monoisotopic (exact) mass is 198 g/mol. The Balaban J connectivity index is 1.79. The van der Waals surface area contributed by atoms with Gasteiger partial charge >= 0.3 is 0 Å². The quantitative estimate of drug-likeness (QED) is 0.725. The summed E-state index contributed by atoms with van der Waals surface area (Å²) in [5, 5.41) is 3.43. The zero-order chi connectivity index (χ0) is 9.80. The average Bonchev–Trinajstić information content (AvgIpc) is 2.86. The summed E-state index contributed by atoms with van der Waals surface area (Å²) < 4.78 is 5.68. The molecule has 0 aliphatic carbocycles. The molecule has 1 N–H and O–H groups in total. The first-order chi connectivity index (χ1) is 6.90. The van der Waals surface area contributed by atoms with Gasteiger partial charge in [-0.3, -0.25) is 4.90 Å². The van der Waals surface area contributed by atoms with Crippen LogP contribution < -0.4 is 5.32 Å². The Morgan fingerprint density at radius 1 is 1.43 bits per heavy atom. The van der Waals surface area contributed by atoms with Gasteiger partial charge in [0.05, 0.1) is 6.10 Å². The highest BCUT2D eigenvalue weighted by Gasteiger charge is 2.25. The van der Waals surface area contributed by atoms with Crippen molar-refractivity contribution >= 4 is 0 Å². The van der Waals surface area contributed by atoms with Gasteiger partial charge in [-0.25, -0.2) is 0 Å². The van der Waals surface area contributed by atoms with Gasteiger partial charge in [0.1, 0.15) is 0 Å². The van der Waals surface area contributed by atoms with Crippen LogP contribution in [0.3, 0.4) is 0 Å². The number of rotatable bonds is 4. The van der Waals surface area contributed by atoms with Gasteiger partial charge in [-0.1, -0.05) is 6.92 Å². The zero-order valence-corrected chi connectivity index (χ0v) is 9.17. The molecular weight excluding hydrogens is 176 g/mol. The van der Waals surface area contributed by atoms with Crippen molar-refractivity contribution in [2.45, 2.75) is 38.3 Å². The van der Waals surface area contributed by atoms with E-state index in [4.69, 9.17) is 4.74 Å². The predicted octanol–water partition coefficient (Wildman–Crippen LogP) is 0.849. The van der Waals surface area contributed by atoms with Crippen LogP contribution in [0, 0.1) is 0 Å². The smallest absolute Gasteiger partial charge is 0.0702 e. The highest BCUT2D eigenvalue weighted by Crippen LogP contribution is 2.16. The molecule has 0 spiro atoms. The lowest BCUT2D eigenvalue weighted by atomic mass is 10.1. The van der Waals surface area contributed by atoms with E-state index in [1.165, 1.54) is 32.4 Å². The van der Waals surface area contributed by atoms with Crippen LogP contribution in [0.15, 0.2) is 0 Å². The molecule has 0 radical (unpaired) electrons. The molecule has 3 heteroatoms. The molecule has 0 aromatic carbocycles. The van der Waals surface area contributed by atoms with Crippen molar-refractivity contribution in [2.75, 3.05) is 32.8 Å². The van der Waals surface area contributed by atoms with Gasteiger partial charge in [-0.15, -0.1) is 0 Å². The summed E-state index contributed by atoms with van der Waals surface area (Å²) in [6, 6.07) is 0.754. The van der Waals surface area contributed by atoms with Crippen LogP contribution in [0.5, 0.6) is 0 Å². The molecule has 2 aliphatic rings. The average molecular weight is 198 g/mol. The van der Waals surface area contributed by atoms with E-state index in [9.17, 15) is 0 Å². The number of hydrogen-bond acceptors (Lipinski definition) is 3. The van der Waals surface area contributed by atoms with E-state index in [0.717, 1.165) is 25.7 Å². The van der Waals surface area contributed by atoms with Gasteiger partial charge in [-0.05, 0) is 32.4 Å². The van der Waals surface area contributed by atoms with E-state index >= 15 is 0 Å². The van der Waals surface area contributed by atoms with E-state index in [1.54, 1.807) is 0 Å². The number of likely N-dealkylation sites (N-methyl/N-ethyl adjacent to an activating group) is 1. The molecule has 0 aromatic heterocycles. The second-order valence-corrected chi connectivity index (χ2v) is 4.37. The third kappa shape index (κ3) is 2.47. The lowest BCUT2D eigenvalue weighted by Gasteiger charge is -2.29. The maximum atomic E-state index is 5.68. The normalized spacial score (nSPS) is 33.0. The van der Waals surface area contributed by atoms with Gasteiger partial charge in [0.2, 0.25) is 0 Å². The Bertz CT molecular complexity index is 163. The van der Waals surface area contributed by atoms with Crippen LogP contribution in [-0.2, 0) is 4.74 Å². The molecule has 2 fully saturated rings. The Morgan fingerprint density at radius 2 is 2.36 bits per heavy atom. The summed E-state index contributed by atoms with van der Waals surface area (Å²) >= 11 is 0.